The number of carbonyl (C=O) groups is 1. The summed E-state index contributed by atoms with van der Waals surface area (Å²) in [6, 6.07) is 2.49. The van der Waals surface area contributed by atoms with Crippen LogP contribution < -0.4 is 5.56 Å². The lowest BCUT2D eigenvalue weighted by Gasteiger charge is -2.32. The monoisotopic (exact) mass is 437 g/mol. The lowest BCUT2D eigenvalue weighted by Crippen LogP contribution is -2.40. The van der Waals surface area contributed by atoms with Crippen LogP contribution in [0.4, 0.5) is 0 Å². The Morgan fingerprint density at radius 3 is 2.50 bits per heavy atom. The van der Waals surface area contributed by atoms with Gasteiger partial charge in [0, 0.05) is 62.2 Å². The number of rotatable bonds is 3. The third kappa shape index (κ3) is 3.31. The van der Waals surface area contributed by atoms with Crippen LogP contribution >= 0.6 is 0 Å². The molecule has 2 saturated carbocycles. The van der Waals surface area contributed by atoms with Crippen LogP contribution in [0.3, 0.4) is 0 Å². The number of nitrogens with zero attached hydrogens (tertiary/aromatic N) is 4. The second-order valence-corrected chi connectivity index (χ2v) is 10.8. The van der Waals surface area contributed by atoms with E-state index in [9.17, 15) is 9.59 Å². The van der Waals surface area contributed by atoms with Gasteiger partial charge in [0.05, 0.1) is 11.3 Å². The van der Waals surface area contributed by atoms with Crippen molar-refractivity contribution >= 4 is 11.6 Å². The molecule has 2 aliphatic heterocycles. The molecule has 0 unspecified atom stereocenters. The lowest BCUT2D eigenvalue weighted by atomic mass is 9.93. The summed E-state index contributed by atoms with van der Waals surface area (Å²) in [5.41, 5.74) is 3.67. The zero-order valence-electron chi connectivity index (χ0n) is 19.3. The van der Waals surface area contributed by atoms with Gasteiger partial charge in [0.15, 0.2) is 5.65 Å². The first-order valence-electron chi connectivity index (χ1n) is 12.7. The summed E-state index contributed by atoms with van der Waals surface area (Å²) in [5.74, 6) is 2.45. The summed E-state index contributed by atoms with van der Waals surface area (Å²) in [6.45, 7) is 7.65. The molecule has 4 heterocycles. The standard InChI is InChI=1S/C25H35N5O2/c1-15(2)29-12-9-20-19(14-29)24(31)30-22(26-20)13-21(27-30)16-7-10-28(11-8-16)25(32)23-17-5-3-4-6-18(17)23/h13,15-18,23,27H,3-12,14H2,1-2H3/t17-,18-/m1/s1. The summed E-state index contributed by atoms with van der Waals surface area (Å²) >= 11 is 0. The largest absolute Gasteiger partial charge is 0.342 e. The topological polar surface area (TPSA) is 73.7 Å². The van der Waals surface area contributed by atoms with E-state index in [1.54, 1.807) is 4.52 Å². The third-order valence-electron chi connectivity index (χ3n) is 8.73. The van der Waals surface area contributed by atoms with Crippen LogP contribution in [-0.4, -0.2) is 56.0 Å². The summed E-state index contributed by atoms with van der Waals surface area (Å²) in [4.78, 5) is 35.5. The fourth-order valence-corrected chi connectivity index (χ4v) is 6.65. The summed E-state index contributed by atoms with van der Waals surface area (Å²) in [6.07, 6.45) is 7.87. The highest BCUT2D eigenvalue weighted by Crippen LogP contribution is 2.56. The minimum absolute atomic E-state index is 0.0468. The number of carbonyl (C=O) groups excluding carboxylic acids is 1. The molecule has 2 aromatic heterocycles. The number of H-pyrrole nitrogens is 1. The maximum Gasteiger partial charge on any atom is 0.277 e. The molecule has 32 heavy (non-hydrogen) atoms. The molecule has 2 aromatic rings. The highest BCUT2D eigenvalue weighted by atomic mass is 16.2. The van der Waals surface area contributed by atoms with Crippen LogP contribution in [0, 0.1) is 17.8 Å². The Morgan fingerprint density at radius 1 is 1.09 bits per heavy atom. The molecule has 1 amide bonds. The van der Waals surface area contributed by atoms with Gasteiger partial charge in [-0.15, -0.1) is 0 Å². The SMILES string of the molecule is CC(C)N1CCc2nc3cc(C4CCN(C(=O)C5[C@@H]6CCCC[C@@H]56)CC4)[nH]n3c(=O)c2C1. The van der Waals surface area contributed by atoms with E-state index < -0.39 is 0 Å². The highest BCUT2D eigenvalue weighted by molar-refractivity contribution is 5.82. The Kier molecular flexibility index (Phi) is 4.93. The number of nitrogens with one attached hydrogen (secondary N) is 1. The molecule has 0 aromatic carbocycles. The molecule has 2 atom stereocenters. The zero-order valence-corrected chi connectivity index (χ0v) is 19.3. The zero-order chi connectivity index (χ0) is 22.0. The predicted molar refractivity (Wildman–Crippen MR) is 123 cm³/mol. The number of aromatic nitrogens is 3. The van der Waals surface area contributed by atoms with Gasteiger partial charge in [0.2, 0.25) is 5.91 Å². The van der Waals surface area contributed by atoms with Crippen LogP contribution in [0.15, 0.2) is 10.9 Å². The van der Waals surface area contributed by atoms with Crippen LogP contribution in [0.1, 0.15) is 75.2 Å². The molecule has 0 bridgehead atoms. The first-order valence-corrected chi connectivity index (χ1v) is 12.7. The molecular formula is C25H35N5O2. The third-order valence-corrected chi connectivity index (χ3v) is 8.73. The van der Waals surface area contributed by atoms with Gasteiger partial charge in [-0.2, -0.15) is 0 Å². The maximum absolute atomic E-state index is 13.2. The van der Waals surface area contributed by atoms with E-state index in [-0.39, 0.29) is 5.56 Å². The second kappa shape index (κ2) is 7.72. The van der Waals surface area contributed by atoms with Crippen molar-refractivity contribution in [2.45, 2.75) is 77.3 Å². The van der Waals surface area contributed by atoms with Crippen molar-refractivity contribution in [1.82, 2.24) is 24.4 Å². The van der Waals surface area contributed by atoms with E-state index in [0.29, 0.717) is 42.2 Å². The van der Waals surface area contributed by atoms with Crippen LogP contribution in [0.5, 0.6) is 0 Å². The average Bonchev–Trinajstić information content (AvgIpc) is 3.39. The fraction of sp³-hybridized carbons (Fsp3) is 0.720. The normalized spacial score (nSPS) is 28.7. The molecule has 0 radical (unpaired) electrons. The maximum atomic E-state index is 13.2. The minimum atomic E-state index is 0.0468. The quantitative estimate of drug-likeness (QED) is 0.801. The molecule has 0 spiro atoms. The number of amides is 1. The van der Waals surface area contributed by atoms with Crippen molar-refractivity contribution in [1.29, 1.82) is 0 Å². The summed E-state index contributed by atoms with van der Waals surface area (Å²) in [5, 5.41) is 3.37. The Labute approximate surface area is 189 Å². The van der Waals surface area contributed by atoms with Crippen molar-refractivity contribution in [3.8, 4) is 0 Å². The van der Waals surface area contributed by atoms with Crippen molar-refractivity contribution in [2.75, 3.05) is 19.6 Å². The molecule has 7 heteroatoms. The fourth-order valence-electron chi connectivity index (χ4n) is 6.65. The van der Waals surface area contributed by atoms with E-state index in [0.717, 1.165) is 61.5 Å². The average molecular weight is 438 g/mol. The van der Waals surface area contributed by atoms with E-state index in [1.165, 1.54) is 25.7 Å². The molecule has 172 valence electrons. The molecule has 6 rings (SSSR count). The predicted octanol–water partition coefficient (Wildman–Crippen LogP) is 2.93. The van der Waals surface area contributed by atoms with Gasteiger partial charge in [-0.05, 0) is 51.4 Å². The van der Waals surface area contributed by atoms with Crippen LogP contribution in [0.25, 0.3) is 5.65 Å². The molecule has 1 saturated heterocycles. The lowest BCUT2D eigenvalue weighted by molar-refractivity contribution is -0.134. The molecule has 4 aliphatic rings. The van der Waals surface area contributed by atoms with Gasteiger partial charge in [-0.1, -0.05) is 12.8 Å². The molecular weight excluding hydrogens is 402 g/mol. The van der Waals surface area contributed by atoms with Gasteiger partial charge in [-0.25, -0.2) is 9.50 Å². The van der Waals surface area contributed by atoms with E-state index >= 15 is 0 Å². The van der Waals surface area contributed by atoms with Gasteiger partial charge in [-0.3, -0.25) is 19.6 Å². The van der Waals surface area contributed by atoms with Crippen molar-refractivity contribution < 1.29 is 4.79 Å². The number of likely N-dealkylation sites (tertiary alicyclic amines) is 1. The smallest absolute Gasteiger partial charge is 0.277 e. The van der Waals surface area contributed by atoms with E-state index in [2.05, 4.69) is 34.8 Å². The molecule has 2 aliphatic carbocycles. The van der Waals surface area contributed by atoms with Gasteiger partial charge >= 0.3 is 0 Å². The van der Waals surface area contributed by atoms with Crippen LogP contribution in [-0.2, 0) is 17.8 Å². The Bertz CT molecular complexity index is 1080. The number of aromatic amines is 1. The Morgan fingerprint density at radius 2 is 1.81 bits per heavy atom. The van der Waals surface area contributed by atoms with Gasteiger partial charge < -0.3 is 4.90 Å². The van der Waals surface area contributed by atoms with Gasteiger partial charge in [0.1, 0.15) is 0 Å². The van der Waals surface area contributed by atoms with Gasteiger partial charge in [0.25, 0.3) is 5.56 Å². The van der Waals surface area contributed by atoms with Crippen LogP contribution in [0.2, 0.25) is 0 Å². The van der Waals surface area contributed by atoms with Crippen molar-refractivity contribution in [3.05, 3.63) is 33.4 Å². The number of fused-ring (bicyclic) bond motifs is 3. The number of hydrogen-bond donors (Lipinski definition) is 1. The first kappa shape index (κ1) is 20.5. The van der Waals surface area contributed by atoms with E-state index in [4.69, 9.17) is 4.98 Å². The number of hydrogen-bond acceptors (Lipinski definition) is 4. The Hall–Kier alpha value is -2.15. The summed E-state index contributed by atoms with van der Waals surface area (Å²) < 4.78 is 1.64. The summed E-state index contributed by atoms with van der Waals surface area (Å²) in [7, 11) is 0. The Balaban J connectivity index is 1.17. The highest BCUT2D eigenvalue weighted by Gasteiger charge is 2.55. The van der Waals surface area contributed by atoms with Crippen molar-refractivity contribution in [3.63, 3.8) is 0 Å². The second-order valence-electron chi connectivity index (χ2n) is 10.8. The van der Waals surface area contributed by atoms with E-state index in [1.807, 2.05) is 0 Å². The molecule has 3 fully saturated rings. The first-order chi connectivity index (χ1) is 15.5. The number of piperidine rings is 1. The van der Waals surface area contributed by atoms with Crippen molar-refractivity contribution in [2.24, 2.45) is 17.8 Å². The molecule has 7 nitrogen and oxygen atoms in total. The minimum Gasteiger partial charge on any atom is -0.342 e. The molecule has 1 N–H and O–H groups in total.